The first-order valence-corrected chi connectivity index (χ1v) is 8.93. The Bertz CT molecular complexity index is 524. The number of aryl methyl sites for hydroxylation is 1. The number of hydrogen-bond acceptors (Lipinski definition) is 2. The smallest absolute Gasteiger partial charge is 0.220 e. The minimum Gasteiger partial charge on any atom is -0.355 e. The minimum atomic E-state index is -0.0420. The summed E-state index contributed by atoms with van der Waals surface area (Å²) in [6.45, 7) is 11.6. The largest absolute Gasteiger partial charge is 0.355 e. The molecule has 1 unspecified atom stereocenters. The molecule has 4 heteroatoms. The number of nitrogens with one attached hydrogen (secondary N) is 2. The zero-order chi connectivity index (χ0) is 16.9. The molecule has 2 N–H and O–H groups in total. The van der Waals surface area contributed by atoms with Crippen LogP contribution in [0.3, 0.4) is 0 Å². The first-order valence-electron chi connectivity index (χ1n) is 8.93. The molecule has 0 spiro atoms. The van der Waals surface area contributed by atoms with Gasteiger partial charge in [0.25, 0.3) is 0 Å². The molecule has 0 saturated carbocycles. The van der Waals surface area contributed by atoms with Gasteiger partial charge in [0.2, 0.25) is 5.91 Å². The van der Waals surface area contributed by atoms with Gasteiger partial charge in [0.1, 0.15) is 0 Å². The molecule has 1 atom stereocenters. The van der Waals surface area contributed by atoms with E-state index in [4.69, 9.17) is 0 Å². The molecule has 0 aliphatic carbocycles. The van der Waals surface area contributed by atoms with Crippen LogP contribution < -0.4 is 10.6 Å². The van der Waals surface area contributed by atoms with Crippen molar-refractivity contribution in [3.63, 3.8) is 0 Å². The number of rotatable bonds is 6. The normalized spacial score (nSPS) is 17.0. The molecule has 1 aliphatic heterocycles. The van der Waals surface area contributed by atoms with Crippen molar-refractivity contribution in [3.05, 3.63) is 35.4 Å². The molecule has 1 aliphatic rings. The van der Waals surface area contributed by atoms with Crippen molar-refractivity contribution < 1.29 is 4.79 Å². The number of carbonyl (C=O) groups excluding carboxylic acids is 1. The van der Waals surface area contributed by atoms with Gasteiger partial charge in [-0.3, -0.25) is 4.79 Å². The van der Waals surface area contributed by atoms with E-state index < -0.39 is 0 Å². The minimum absolute atomic E-state index is 0. The van der Waals surface area contributed by atoms with Crippen LogP contribution in [0.1, 0.15) is 51.2 Å². The number of benzene rings is 1. The molecule has 1 heterocycles. The standard InChI is InChI=1S/C20H32N2O.ClH/c1-15-6-5-7-18(12-15)20(3,4)14-22-19(23)13-16(2)17-8-10-21-11-9-17;/h5-7,12,16-17,21H,8-11,13-14H2,1-4H3,(H,22,23);1H. The second-order valence-electron chi connectivity index (χ2n) is 7.80. The topological polar surface area (TPSA) is 41.1 Å². The van der Waals surface area contributed by atoms with Gasteiger partial charge in [-0.1, -0.05) is 50.6 Å². The molecule has 2 rings (SSSR count). The predicted octanol–water partition coefficient (Wildman–Crippen LogP) is 3.84. The van der Waals surface area contributed by atoms with Crippen molar-refractivity contribution in [2.24, 2.45) is 11.8 Å². The molecule has 1 amide bonds. The van der Waals surface area contributed by atoms with E-state index in [1.807, 2.05) is 0 Å². The van der Waals surface area contributed by atoms with E-state index in [0.717, 1.165) is 13.1 Å². The van der Waals surface area contributed by atoms with Gasteiger partial charge in [0.15, 0.2) is 0 Å². The van der Waals surface area contributed by atoms with Gasteiger partial charge in [-0.15, -0.1) is 12.4 Å². The van der Waals surface area contributed by atoms with Gasteiger partial charge in [-0.05, 0) is 50.3 Å². The second-order valence-corrected chi connectivity index (χ2v) is 7.80. The Hall–Kier alpha value is -1.06. The van der Waals surface area contributed by atoms with E-state index >= 15 is 0 Å². The first-order chi connectivity index (χ1) is 10.9. The van der Waals surface area contributed by atoms with Crippen molar-refractivity contribution in [2.45, 2.75) is 52.4 Å². The lowest BCUT2D eigenvalue weighted by Gasteiger charge is -2.29. The highest BCUT2D eigenvalue weighted by molar-refractivity contribution is 5.85. The highest BCUT2D eigenvalue weighted by Gasteiger charge is 2.24. The summed E-state index contributed by atoms with van der Waals surface area (Å²) in [6.07, 6.45) is 3.04. The quantitative estimate of drug-likeness (QED) is 0.816. The fourth-order valence-corrected chi connectivity index (χ4v) is 3.43. The van der Waals surface area contributed by atoms with Gasteiger partial charge in [0.05, 0.1) is 0 Å². The molecule has 1 fully saturated rings. The molecule has 1 aromatic rings. The van der Waals surface area contributed by atoms with E-state index in [9.17, 15) is 4.79 Å². The summed E-state index contributed by atoms with van der Waals surface area (Å²) in [5.74, 6) is 1.35. The monoisotopic (exact) mass is 352 g/mol. The van der Waals surface area contributed by atoms with Crippen molar-refractivity contribution in [1.82, 2.24) is 10.6 Å². The second kappa shape index (κ2) is 9.43. The van der Waals surface area contributed by atoms with Gasteiger partial charge < -0.3 is 10.6 Å². The molecule has 1 saturated heterocycles. The first kappa shape index (κ1) is 21.0. The molecule has 0 aromatic heterocycles. The molecule has 0 bridgehead atoms. The summed E-state index contributed by atoms with van der Waals surface area (Å²) >= 11 is 0. The van der Waals surface area contributed by atoms with Gasteiger partial charge in [0, 0.05) is 18.4 Å². The maximum Gasteiger partial charge on any atom is 0.220 e. The predicted molar refractivity (Wildman–Crippen MR) is 104 cm³/mol. The van der Waals surface area contributed by atoms with Gasteiger partial charge in [-0.2, -0.15) is 0 Å². The summed E-state index contributed by atoms with van der Waals surface area (Å²) in [7, 11) is 0. The summed E-state index contributed by atoms with van der Waals surface area (Å²) in [5.41, 5.74) is 2.50. The lowest BCUT2D eigenvalue weighted by Crippen LogP contribution is -2.38. The molecule has 24 heavy (non-hydrogen) atoms. The van der Waals surface area contributed by atoms with Crippen LogP contribution >= 0.6 is 12.4 Å². The molecule has 1 aromatic carbocycles. The van der Waals surface area contributed by atoms with Crippen molar-refractivity contribution in [3.8, 4) is 0 Å². The molecule has 3 nitrogen and oxygen atoms in total. The molecular formula is C20H33ClN2O. The van der Waals surface area contributed by atoms with Crippen molar-refractivity contribution in [2.75, 3.05) is 19.6 Å². The SMILES string of the molecule is Cc1cccc(C(C)(C)CNC(=O)CC(C)C2CCNCC2)c1.Cl. The van der Waals surface area contributed by atoms with Crippen LogP contribution in [0.25, 0.3) is 0 Å². The van der Waals surface area contributed by atoms with Crippen molar-refractivity contribution in [1.29, 1.82) is 0 Å². The lowest BCUT2D eigenvalue weighted by atomic mass is 9.83. The molecule has 136 valence electrons. The maximum absolute atomic E-state index is 12.3. The van der Waals surface area contributed by atoms with Crippen LogP contribution in [0.15, 0.2) is 24.3 Å². The molecule has 0 radical (unpaired) electrons. The van der Waals surface area contributed by atoms with E-state index in [-0.39, 0.29) is 23.7 Å². The van der Waals surface area contributed by atoms with E-state index in [1.54, 1.807) is 0 Å². The molecular weight excluding hydrogens is 320 g/mol. The zero-order valence-electron chi connectivity index (χ0n) is 15.5. The Kier molecular flexibility index (Phi) is 8.24. The Morgan fingerprint density at radius 3 is 2.62 bits per heavy atom. The van der Waals surface area contributed by atoms with Crippen LogP contribution in [0.2, 0.25) is 0 Å². The number of hydrogen-bond donors (Lipinski definition) is 2. The fourth-order valence-electron chi connectivity index (χ4n) is 3.43. The summed E-state index contributed by atoms with van der Waals surface area (Å²) in [6, 6.07) is 8.56. The number of piperidine rings is 1. The third-order valence-corrected chi connectivity index (χ3v) is 5.22. The number of halogens is 1. The van der Waals surface area contributed by atoms with Crippen LogP contribution in [-0.4, -0.2) is 25.5 Å². The van der Waals surface area contributed by atoms with Gasteiger partial charge in [-0.25, -0.2) is 0 Å². The van der Waals surface area contributed by atoms with Crippen molar-refractivity contribution >= 4 is 18.3 Å². The van der Waals surface area contributed by atoms with Crippen LogP contribution in [0.4, 0.5) is 0 Å². The van der Waals surface area contributed by atoms with Crippen LogP contribution in [0.5, 0.6) is 0 Å². The summed E-state index contributed by atoms with van der Waals surface area (Å²) < 4.78 is 0. The average molecular weight is 353 g/mol. The van der Waals surface area contributed by atoms with Crippen LogP contribution in [0, 0.1) is 18.8 Å². The number of amides is 1. The highest BCUT2D eigenvalue weighted by atomic mass is 35.5. The Labute approximate surface area is 153 Å². The van der Waals surface area contributed by atoms with E-state index in [1.165, 1.54) is 24.0 Å². The lowest BCUT2D eigenvalue weighted by molar-refractivity contribution is -0.122. The summed E-state index contributed by atoms with van der Waals surface area (Å²) in [4.78, 5) is 12.3. The van der Waals surface area contributed by atoms with Crippen LogP contribution in [-0.2, 0) is 10.2 Å². The fraction of sp³-hybridized carbons (Fsp3) is 0.650. The Balaban J connectivity index is 0.00000288. The van der Waals surface area contributed by atoms with E-state index in [2.05, 4.69) is 62.6 Å². The highest BCUT2D eigenvalue weighted by Crippen LogP contribution is 2.25. The maximum atomic E-state index is 12.3. The summed E-state index contributed by atoms with van der Waals surface area (Å²) in [5, 5.41) is 6.55. The van der Waals surface area contributed by atoms with E-state index in [0.29, 0.717) is 24.8 Å². The zero-order valence-corrected chi connectivity index (χ0v) is 16.3. The Morgan fingerprint density at radius 2 is 2.00 bits per heavy atom. The third kappa shape index (κ3) is 6.10. The Morgan fingerprint density at radius 1 is 1.33 bits per heavy atom. The average Bonchev–Trinajstić information content (AvgIpc) is 2.54. The third-order valence-electron chi connectivity index (χ3n) is 5.22. The van der Waals surface area contributed by atoms with Gasteiger partial charge >= 0.3 is 0 Å². The number of carbonyl (C=O) groups is 1.